The van der Waals surface area contributed by atoms with Crippen molar-refractivity contribution in [2.24, 2.45) is 0 Å². The van der Waals surface area contributed by atoms with E-state index in [1.807, 2.05) is 23.2 Å². The first-order chi connectivity index (χ1) is 15.1. The zero-order valence-electron chi connectivity index (χ0n) is 18.7. The molecule has 2 aromatic rings. The van der Waals surface area contributed by atoms with Gasteiger partial charge in [-0.1, -0.05) is 30.3 Å². The molecule has 2 saturated heterocycles. The number of hydrogen-bond donors (Lipinski definition) is 2. The summed E-state index contributed by atoms with van der Waals surface area (Å²) in [6, 6.07) is 14.7. The lowest BCUT2D eigenvalue weighted by molar-refractivity contribution is 0.126. The minimum Gasteiger partial charge on any atom is -0.354 e. The van der Waals surface area contributed by atoms with Gasteiger partial charge < -0.3 is 15.5 Å². The van der Waals surface area contributed by atoms with E-state index in [0.29, 0.717) is 13.1 Å². The predicted octanol–water partition coefficient (Wildman–Crippen LogP) is 2.65. The molecule has 2 aliphatic rings. The van der Waals surface area contributed by atoms with Gasteiger partial charge in [-0.2, -0.15) is 0 Å². The Bertz CT molecular complexity index is 850. The third-order valence-corrected chi connectivity index (χ3v) is 6.68. The van der Waals surface area contributed by atoms with Gasteiger partial charge in [-0.15, -0.1) is 0 Å². The van der Waals surface area contributed by atoms with Gasteiger partial charge in [-0.25, -0.2) is 9.78 Å². The largest absolute Gasteiger partial charge is 0.354 e. The Hall–Kier alpha value is -2.64. The van der Waals surface area contributed by atoms with Crippen LogP contribution in [0.15, 0.2) is 48.7 Å². The van der Waals surface area contributed by atoms with Gasteiger partial charge in [0.15, 0.2) is 0 Å². The van der Waals surface area contributed by atoms with Crippen LogP contribution in [0.1, 0.15) is 24.8 Å². The number of carbonyl (C=O) groups excluding carboxylic acids is 1. The lowest BCUT2D eigenvalue weighted by Gasteiger charge is -2.41. The zero-order chi connectivity index (χ0) is 21.7. The molecule has 2 N–H and O–H groups in total. The Balaban J connectivity index is 1.51. The van der Waals surface area contributed by atoms with E-state index in [0.717, 1.165) is 56.9 Å². The molecule has 4 rings (SSSR count). The minimum absolute atomic E-state index is 0.0423. The summed E-state index contributed by atoms with van der Waals surface area (Å²) in [6.45, 7) is 5.18. The Morgan fingerprint density at radius 1 is 0.968 bits per heavy atom. The topological polar surface area (TPSA) is 63.7 Å². The van der Waals surface area contributed by atoms with Crippen LogP contribution >= 0.6 is 0 Å². The van der Waals surface area contributed by atoms with Crippen LogP contribution in [0.5, 0.6) is 0 Å². The molecule has 166 valence electrons. The number of aromatic nitrogens is 1. The fraction of sp³-hybridized carbons (Fsp3) is 0.500. The van der Waals surface area contributed by atoms with Crippen molar-refractivity contribution >= 4 is 17.5 Å². The number of rotatable bonds is 4. The van der Waals surface area contributed by atoms with Crippen molar-refractivity contribution < 1.29 is 4.79 Å². The standard InChI is InChI=1S/C24H34N6O/c1-28(2)24(20-7-4-3-5-8-20)11-6-16-30(23(31)26-13-12-24)21-9-10-22(27-19-21)29-17-14-25-15-18-29/h3-5,7-10,19,25H,6,11-18H2,1-2H3,(H,26,31)/t24-/m0/s1. The van der Waals surface area contributed by atoms with E-state index in [2.05, 4.69) is 69.8 Å². The zero-order valence-corrected chi connectivity index (χ0v) is 18.7. The molecule has 0 saturated carbocycles. The number of piperazine rings is 1. The second-order valence-corrected chi connectivity index (χ2v) is 8.64. The number of anilines is 2. The third kappa shape index (κ3) is 4.67. The van der Waals surface area contributed by atoms with E-state index in [1.165, 1.54) is 5.56 Å². The van der Waals surface area contributed by atoms with Gasteiger partial charge in [0, 0.05) is 44.8 Å². The van der Waals surface area contributed by atoms with Crippen molar-refractivity contribution in [1.82, 2.24) is 20.5 Å². The number of pyridine rings is 1. The molecule has 0 aliphatic carbocycles. The highest BCUT2D eigenvalue weighted by atomic mass is 16.2. The fourth-order valence-electron chi connectivity index (χ4n) is 4.84. The summed E-state index contributed by atoms with van der Waals surface area (Å²) < 4.78 is 0. The number of nitrogens with zero attached hydrogens (tertiary/aromatic N) is 4. The molecular weight excluding hydrogens is 388 g/mol. The average Bonchev–Trinajstić information content (AvgIpc) is 2.90. The second-order valence-electron chi connectivity index (χ2n) is 8.64. The van der Waals surface area contributed by atoms with E-state index in [-0.39, 0.29) is 11.6 Å². The molecule has 1 aromatic heterocycles. The summed E-state index contributed by atoms with van der Waals surface area (Å²) in [5, 5.41) is 6.51. The van der Waals surface area contributed by atoms with Crippen LogP contribution in [-0.2, 0) is 5.54 Å². The summed E-state index contributed by atoms with van der Waals surface area (Å²) in [6.07, 6.45) is 4.62. The van der Waals surface area contributed by atoms with E-state index in [9.17, 15) is 4.79 Å². The SMILES string of the molecule is CN(C)[C@@]1(c2ccccc2)CCCN(c2ccc(N3CCNCC3)nc2)C(=O)NCC1. The first-order valence-electron chi connectivity index (χ1n) is 11.3. The molecule has 7 nitrogen and oxygen atoms in total. The predicted molar refractivity (Wildman–Crippen MR) is 126 cm³/mol. The number of nitrogens with one attached hydrogen (secondary N) is 2. The summed E-state index contributed by atoms with van der Waals surface area (Å²) in [5.74, 6) is 0.977. The molecule has 0 unspecified atom stereocenters. The van der Waals surface area contributed by atoms with Gasteiger partial charge in [-0.3, -0.25) is 9.80 Å². The molecule has 7 heteroatoms. The van der Waals surface area contributed by atoms with Gasteiger partial charge in [0.1, 0.15) is 5.82 Å². The molecule has 2 aliphatic heterocycles. The first-order valence-corrected chi connectivity index (χ1v) is 11.3. The van der Waals surface area contributed by atoms with E-state index >= 15 is 0 Å². The number of amides is 2. The van der Waals surface area contributed by atoms with Crippen LogP contribution in [0, 0.1) is 0 Å². The number of hydrogen-bond acceptors (Lipinski definition) is 5. The Labute approximate surface area is 185 Å². The molecule has 0 spiro atoms. The highest BCUT2D eigenvalue weighted by Gasteiger charge is 2.35. The van der Waals surface area contributed by atoms with Crippen LogP contribution in [0.4, 0.5) is 16.3 Å². The van der Waals surface area contributed by atoms with Gasteiger partial charge >= 0.3 is 6.03 Å². The normalized spacial score (nSPS) is 23.1. The van der Waals surface area contributed by atoms with Crippen molar-refractivity contribution in [3.05, 3.63) is 54.2 Å². The number of carbonyl (C=O) groups is 1. The molecule has 2 amide bonds. The van der Waals surface area contributed by atoms with Crippen LogP contribution < -0.4 is 20.4 Å². The number of benzene rings is 1. The van der Waals surface area contributed by atoms with Gasteiger partial charge in [0.2, 0.25) is 0 Å². The molecule has 0 radical (unpaired) electrons. The molecule has 0 bridgehead atoms. The summed E-state index contributed by atoms with van der Waals surface area (Å²) in [7, 11) is 4.28. The van der Waals surface area contributed by atoms with E-state index < -0.39 is 0 Å². The molecule has 1 aromatic carbocycles. The quantitative estimate of drug-likeness (QED) is 0.793. The third-order valence-electron chi connectivity index (χ3n) is 6.68. The van der Waals surface area contributed by atoms with Gasteiger partial charge in [-0.05, 0) is 51.1 Å². The summed E-state index contributed by atoms with van der Waals surface area (Å²) in [5.41, 5.74) is 2.08. The van der Waals surface area contributed by atoms with Crippen molar-refractivity contribution in [2.45, 2.75) is 24.8 Å². The fourth-order valence-corrected chi connectivity index (χ4v) is 4.84. The molecule has 1 atom stereocenters. The van der Waals surface area contributed by atoms with Crippen molar-refractivity contribution in [2.75, 3.05) is 63.2 Å². The molecule has 31 heavy (non-hydrogen) atoms. The minimum atomic E-state index is -0.0883. The molecule has 2 fully saturated rings. The molecule has 3 heterocycles. The van der Waals surface area contributed by atoms with Crippen LogP contribution in [0.3, 0.4) is 0 Å². The van der Waals surface area contributed by atoms with Crippen molar-refractivity contribution in [3.8, 4) is 0 Å². The van der Waals surface area contributed by atoms with Crippen LogP contribution in [0.25, 0.3) is 0 Å². The monoisotopic (exact) mass is 422 g/mol. The van der Waals surface area contributed by atoms with E-state index in [1.54, 1.807) is 0 Å². The van der Waals surface area contributed by atoms with Crippen LogP contribution in [-0.4, -0.2) is 69.3 Å². The second kappa shape index (κ2) is 9.66. The van der Waals surface area contributed by atoms with Gasteiger partial charge in [0.05, 0.1) is 11.9 Å². The van der Waals surface area contributed by atoms with Gasteiger partial charge in [0.25, 0.3) is 0 Å². The first kappa shape index (κ1) is 21.6. The maximum atomic E-state index is 13.0. The van der Waals surface area contributed by atoms with Crippen molar-refractivity contribution in [1.29, 1.82) is 0 Å². The maximum absolute atomic E-state index is 13.0. The summed E-state index contributed by atoms with van der Waals surface area (Å²) in [4.78, 5) is 24.1. The average molecular weight is 423 g/mol. The Morgan fingerprint density at radius 3 is 2.42 bits per heavy atom. The maximum Gasteiger partial charge on any atom is 0.321 e. The highest BCUT2D eigenvalue weighted by Crippen LogP contribution is 2.36. The van der Waals surface area contributed by atoms with Crippen LogP contribution in [0.2, 0.25) is 0 Å². The van der Waals surface area contributed by atoms with Crippen molar-refractivity contribution in [3.63, 3.8) is 0 Å². The lowest BCUT2D eigenvalue weighted by atomic mass is 9.81. The van der Waals surface area contributed by atoms with E-state index in [4.69, 9.17) is 0 Å². The smallest absolute Gasteiger partial charge is 0.321 e. The molecular formula is C24H34N6O. The lowest BCUT2D eigenvalue weighted by Crippen LogP contribution is -2.44. The Morgan fingerprint density at radius 2 is 1.74 bits per heavy atom. The highest BCUT2D eigenvalue weighted by molar-refractivity contribution is 5.91. The Kier molecular flexibility index (Phi) is 6.73. The number of urea groups is 1. The summed E-state index contributed by atoms with van der Waals surface area (Å²) >= 11 is 0.